The van der Waals surface area contributed by atoms with Gasteiger partial charge in [0.2, 0.25) is 5.91 Å². The third-order valence-corrected chi connectivity index (χ3v) is 4.70. The summed E-state index contributed by atoms with van der Waals surface area (Å²) in [6.45, 7) is 6.16. The lowest BCUT2D eigenvalue weighted by Gasteiger charge is -2.29. The third-order valence-electron chi connectivity index (χ3n) is 3.98. The van der Waals surface area contributed by atoms with Crippen LogP contribution < -0.4 is 5.32 Å². The zero-order valence-electron chi connectivity index (χ0n) is 14.8. The fourth-order valence-electron chi connectivity index (χ4n) is 2.96. The number of hydrogen-bond acceptors (Lipinski definition) is 3. The zero-order valence-corrected chi connectivity index (χ0v) is 17.1. The largest absolute Gasteiger partial charge is 0.444 e. The molecule has 138 valence electrons. The summed E-state index contributed by atoms with van der Waals surface area (Å²) in [5.41, 5.74) is 1.95. The molecule has 1 aliphatic carbocycles. The van der Waals surface area contributed by atoms with Crippen molar-refractivity contribution in [2.45, 2.75) is 45.3 Å². The van der Waals surface area contributed by atoms with Crippen molar-refractivity contribution in [2.24, 2.45) is 0 Å². The first-order valence-electron chi connectivity index (χ1n) is 8.29. The topological polar surface area (TPSA) is 58.6 Å². The summed E-state index contributed by atoms with van der Waals surface area (Å²) in [5, 5.41) is 2.70. The van der Waals surface area contributed by atoms with E-state index in [0.717, 1.165) is 17.3 Å². The summed E-state index contributed by atoms with van der Waals surface area (Å²) in [6, 6.07) is 6.26. The molecule has 1 N–H and O–H groups in total. The van der Waals surface area contributed by atoms with Crippen LogP contribution in [0.15, 0.2) is 22.7 Å². The summed E-state index contributed by atoms with van der Waals surface area (Å²) >= 11 is 9.26. The average molecular weight is 432 g/mol. The van der Waals surface area contributed by atoms with Crippen LogP contribution in [0.3, 0.4) is 0 Å². The van der Waals surface area contributed by atoms with Crippen molar-refractivity contribution in [3.05, 3.63) is 33.8 Å². The molecule has 2 amide bonds. The Kier molecular flexibility index (Phi) is 6.74. The number of rotatable bonds is 5. The van der Waals surface area contributed by atoms with Crippen molar-refractivity contribution < 1.29 is 14.3 Å². The second-order valence-electron chi connectivity index (χ2n) is 7.12. The van der Waals surface area contributed by atoms with Gasteiger partial charge in [0, 0.05) is 23.6 Å². The van der Waals surface area contributed by atoms with Crippen molar-refractivity contribution in [3.8, 4) is 0 Å². The lowest BCUT2D eigenvalue weighted by Crippen LogP contribution is -2.46. The minimum Gasteiger partial charge on any atom is -0.444 e. The van der Waals surface area contributed by atoms with E-state index in [9.17, 15) is 9.59 Å². The Balaban J connectivity index is 1.94. The number of alkyl carbamates (subject to hydrolysis) is 1. The van der Waals surface area contributed by atoms with Crippen LogP contribution in [0.4, 0.5) is 4.79 Å². The van der Waals surface area contributed by atoms with Crippen LogP contribution in [0.5, 0.6) is 0 Å². The molecule has 5 nitrogen and oxygen atoms in total. The van der Waals surface area contributed by atoms with E-state index in [-0.39, 0.29) is 17.8 Å². The van der Waals surface area contributed by atoms with Gasteiger partial charge < -0.3 is 15.0 Å². The first kappa shape index (κ1) is 20.0. The molecule has 2 rings (SSSR count). The summed E-state index contributed by atoms with van der Waals surface area (Å²) < 4.78 is 6.25. The van der Waals surface area contributed by atoms with Gasteiger partial charge in [-0.1, -0.05) is 22.0 Å². The molecule has 0 saturated heterocycles. The predicted molar refractivity (Wildman–Crippen MR) is 102 cm³/mol. The van der Waals surface area contributed by atoms with E-state index in [2.05, 4.69) is 33.4 Å². The van der Waals surface area contributed by atoms with Gasteiger partial charge >= 0.3 is 6.09 Å². The number of amides is 2. The number of ether oxygens (including phenoxy) is 1. The Morgan fingerprint density at radius 2 is 2.00 bits per heavy atom. The van der Waals surface area contributed by atoms with Gasteiger partial charge in [-0.2, -0.15) is 0 Å². The highest BCUT2D eigenvalue weighted by atomic mass is 79.9. The number of fused-ring (bicyclic) bond motifs is 1. The zero-order chi connectivity index (χ0) is 18.6. The van der Waals surface area contributed by atoms with Gasteiger partial charge in [0.15, 0.2) is 0 Å². The van der Waals surface area contributed by atoms with Gasteiger partial charge in [0.05, 0.1) is 0 Å². The second-order valence-corrected chi connectivity index (χ2v) is 8.31. The number of carbonyl (C=O) groups is 2. The quantitative estimate of drug-likeness (QED) is 0.726. The molecule has 0 aromatic heterocycles. The fraction of sp³-hybridized carbons (Fsp3) is 0.556. The number of nitrogens with one attached hydrogen (secondary N) is 1. The van der Waals surface area contributed by atoms with E-state index in [4.69, 9.17) is 16.3 Å². The molecule has 0 spiro atoms. The summed E-state index contributed by atoms with van der Waals surface area (Å²) in [4.78, 5) is 25.8. The minimum atomic E-state index is -0.545. The molecular weight excluding hydrogens is 408 g/mol. The van der Waals surface area contributed by atoms with Crippen LogP contribution in [0, 0.1) is 0 Å². The number of carbonyl (C=O) groups excluding carboxylic acids is 2. The summed E-state index contributed by atoms with van der Waals surface area (Å²) in [5.74, 6) is -0.187. The molecule has 0 fully saturated rings. The van der Waals surface area contributed by atoms with Crippen molar-refractivity contribution in [1.29, 1.82) is 0 Å². The minimum absolute atomic E-state index is 0.0657. The van der Waals surface area contributed by atoms with E-state index in [1.54, 1.807) is 4.90 Å². The molecule has 0 unspecified atom stereocenters. The highest BCUT2D eigenvalue weighted by Gasteiger charge is 2.29. The maximum atomic E-state index is 12.3. The molecule has 0 heterocycles. The van der Waals surface area contributed by atoms with Crippen LogP contribution >= 0.6 is 27.5 Å². The normalized spacial score (nSPS) is 16.3. The molecule has 1 aromatic carbocycles. The van der Waals surface area contributed by atoms with Crippen molar-refractivity contribution in [3.63, 3.8) is 0 Å². The van der Waals surface area contributed by atoms with E-state index in [1.165, 1.54) is 11.1 Å². The van der Waals surface area contributed by atoms with Gasteiger partial charge in [-0.25, -0.2) is 4.79 Å². The van der Waals surface area contributed by atoms with Crippen molar-refractivity contribution >= 4 is 39.5 Å². The highest BCUT2D eigenvalue weighted by Crippen LogP contribution is 2.28. The van der Waals surface area contributed by atoms with Gasteiger partial charge in [0.25, 0.3) is 0 Å². The Morgan fingerprint density at radius 3 is 2.64 bits per heavy atom. The predicted octanol–water partition coefficient (Wildman–Crippen LogP) is 3.51. The first-order valence-corrected chi connectivity index (χ1v) is 9.62. The molecule has 7 heteroatoms. The molecule has 25 heavy (non-hydrogen) atoms. The third kappa shape index (κ3) is 5.89. The fourth-order valence-corrected chi connectivity index (χ4v) is 3.53. The molecule has 1 aromatic rings. The number of benzene rings is 1. The Bertz CT molecular complexity index is 646. The molecule has 1 aliphatic rings. The van der Waals surface area contributed by atoms with Gasteiger partial charge in [-0.05, 0) is 56.9 Å². The molecule has 0 saturated carbocycles. The molecule has 0 aliphatic heterocycles. The number of alkyl halides is 1. The Hall–Kier alpha value is -1.27. The van der Waals surface area contributed by atoms with Crippen LogP contribution in [-0.2, 0) is 22.4 Å². The molecule has 0 bridgehead atoms. The number of hydrogen-bond donors (Lipinski definition) is 1. The lowest BCUT2D eigenvalue weighted by molar-refractivity contribution is -0.130. The van der Waals surface area contributed by atoms with Crippen LogP contribution in [0.1, 0.15) is 31.9 Å². The molecule has 1 atom stereocenters. The van der Waals surface area contributed by atoms with E-state index in [1.807, 2.05) is 26.8 Å². The van der Waals surface area contributed by atoms with E-state index >= 15 is 0 Å². The smallest absolute Gasteiger partial charge is 0.407 e. The standard InChI is InChI=1S/C18H24BrClN2O3/c1-18(2,3)25-17(24)21-6-7-22(16(23)11-20)15-9-12-4-5-14(19)8-13(12)10-15/h4-5,8,15H,6-7,9-11H2,1-3H3,(H,21,24)/t15-/m1/s1. The number of nitrogens with zero attached hydrogens (tertiary/aromatic N) is 1. The first-order chi connectivity index (χ1) is 11.7. The average Bonchev–Trinajstić information content (AvgIpc) is 2.91. The van der Waals surface area contributed by atoms with Gasteiger partial charge in [0.1, 0.15) is 11.5 Å². The maximum Gasteiger partial charge on any atom is 0.407 e. The van der Waals surface area contributed by atoms with Crippen LogP contribution in [0.25, 0.3) is 0 Å². The Labute approximate surface area is 162 Å². The van der Waals surface area contributed by atoms with E-state index < -0.39 is 11.7 Å². The summed E-state index contributed by atoms with van der Waals surface area (Å²) in [7, 11) is 0. The van der Waals surface area contributed by atoms with Crippen LogP contribution in [-0.4, -0.2) is 47.5 Å². The number of halogens is 2. The van der Waals surface area contributed by atoms with E-state index in [0.29, 0.717) is 13.1 Å². The molecular formula is C18H24BrClN2O3. The molecule has 0 radical (unpaired) electrons. The van der Waals surface area contributed by atoms with Crippen LogP contribution in [0.2, 0.25) is 0 Å². The SMILES string of the molecule is CC(C)(C)OC(=O)NCCN(C(=O)CCl)[C@@H]1Cc2ccc(Br)cc2C1. The maximum absolute atomic E-state index is 12.3. The van der Waals surface area contributed by atoms with Crippen molar-refractivity contribution in [2.75, 3.05) is 19.0 Å². The second kappa shape index (κ2) is 8.41. The monoisotopic (exact) mass is 430 g/mol. The highest BCUT2D eigenvalue weighted by molar-refractivity contribution is 9.10. The van der Waals surface area contributed by atoms with Gasteiger partial charge in [-0.15, -0.1) is 11.6 Å². The summed E-state index contributed by atoms with van der Waals surface area (Å²) in [6.07, 6.45) is 1.12. The van der Waals surface area contributed by atoms with Crippen molar-refractivity contribution in [1.82, 2.24) is 10.2 Å². The Morgan fingerprint density at radius 1 is 1.32 bits per heavy atom. The van der Waals surface area contributed by atoms with Gasteiger partial charge in [-0.3, -0.25) is 4.79 Å². The lowest BCUT2D eigenvalue weighted by atomic mass is 10.1.